The van der Waals surface area contributed by atoms with Crippen molar-refractivity contribution >= 4 is 32.9 Å². The van der Waals surface area contributed by atoms with Crippen LogP contribution in [-0.4, -0.2) is 0 Å². The van der Waals surface area contributed by atoms with Gasteiger partial charge >= 0.3 is 0 Å². The third-order valence-corrected chi connectivity index (χ3v) is 3.90. The van der Waals surface area contributed by atoms with Gasteiger partial charge in [0.05, 0.1) is 21.9 Å². The second kappa shape index (κ2) is 6.88. The van der Waals surface area contributed by atoms with E-state index in [0.29, 0.717) is 0 Å². The van der Waals surface area contributed by atoms with E-state index < -0.39 is 0 Å². The Bertz CT molecular complexity index is 991. The smallest absolute Gasteiger partial charge is 0.0968 e. The van der Waals surface area contributed by atoms with Crippen molar-refractivity contribution in [1.29, 1.82) is 0 Å². The molecule has 0 N–H and O–H groups in total. The van der Waals surface area contributed by atoms with Crippen LogP contribution in [0.25, 0.3) is 21.5 Å². The summed E-state index contributed by atoms with van der Waals surface area (Å²) in [6, 6.07) is 27.6. The van der Waals surface area contributed by atoms with Crippen LogP contribution in [0.5, 0.6) is 0 Å². The van der Waals surface area contributed by atoms with Crippen molar-refractivity contribution in [1.82, 2.24) is 0 Å². The van der Waals surface area contributed by atoms with Crippen LogP contribution < -0.4 is 0 Å². The third-order valence-electron chi connectivity index (χ3n) is 3.90. The summed E-state index contributed by atoms with van der Waals surface area (Å²) in [5.41, 5.74) is 1.44. The summed E-state index contributed by atoms with van der Waals surface area (Å²) in [7, 11) is 0. The average Bonchev–Trinajstić information content (AvgIpc) is 2.68. The van der Waals surface area contributed by atoms with Gasteiger partial charge in [-0.15, -0.1) is 10.2 Å². The minimum atomic E-state index is 0.721. The first kappa shape index (κ1) is 15.0. The van der Waals surface area contributed by atoms with E-state index in [1.807, 2.05) is 84.9 Å². The van der Waals surface area contributed by atoms with Gasteiger partial charge in [-0.2, -0.15) is 0 Å². The lowest BCUT2D eigenvalue weighted by molar-refractivity contribution is 0.117. The molecule has 120 valence electrons. The van der Waals surface area contributed by atoms with Gasteiger partial charge in [0.2, 0.25) is 0 Å². The lowest BCUT2D eigenvalue weighted by atomic mass is 10.1. The number of nitrogens with zero attached hydrogens (tertiary/aromatic N) is 4. The molecular weight excluding hydrogens is 312 g/mol. The van der Waals surface area contributed by atoms with Gasteiger partial charge in [-0.1, -0.05) is 72.8 Å². The summed E-state index contributed by atoms with van der Waals surface area (Å²) < 4.78 is 0. The second-order valence-electron chi connectivity index (χ2n) is 5.44. The van der Waals surface area contributed by atoms with Crippen molar-refractivity contribution in [2.75, 3.05) is 0 Å². The maximum atomic E-state index is 4.86. The minimum Gasteiger partial charge on any atom is -0.203 e. The topological polar surface area (TPSA) is 58.7 Å². The van der Waals surface area contributed by atoms with Crippen molar-refractivity contribution in [3.63, 3.8) is 0 Å². The van der Waals surface area contributed by atoms with Gasteiger partial charge in [0.1, 0.15) is 0 Å². The van der Waals surface area contributed by atoms with Crippen LogP contribution in [0.1, 0.15) is 0 Å². The first-order valence-electron chi connectivity index (χ1n) is 7.86. The summed E-state index contributed by atoms with van der Waals surface area (Å²) in [5, 5.41) is 19.7. The Balaban J connectivity index is 1.51. The Hall–Kier alpha value is -3.60. The van der Waals surface area contributed by atoms with Gasteiger partial charge in [0.15, 0.2) is 0 Å². The van der Waals surface area contributed by atoms with Gasteiger partial charge in [0, 0.05) is 10.8 Å². The van der Waals surface area contributed by atoms with E-state index in [4.69, 9.17) is 4.94 Å². The van der Waals surface area contributed by atoms with Crippen molar-refractivity contribution in [3.05, 3.63) is 84.9 Å². The fourth-order valence-corrected chi connectivity index (χ4v) is 2.73. The quantitative estimate of drug-likeness (QED) is 0.304. The molecule has 5 heteroatoms. The molecular formula is C20H14N4O. The van der Waals surface area contributed by atoms with Crippen LogP contribution in [-0.2, 0) is 4.94 Å². The zero-order valence-electron chi connectivity index (χ0n) is 13.3. The highest BCUT2D eigenvalue weighted by molar-refractivity contribution is 5.92. The Morgan fingerprint density at radius 2 is 0.920 bits per heavy atom. The summed E-state index contributed by atoms with van der Waals surface area (Å²) >= 11 is 0. The highest BCUT2D eigenvalue weighted by atomic mass is 16.8. The number of hydrogen-bond acceptors (Lipinski definition) is 5. The molecule has 0 heterocycles. The molecule has 25 heavy (non-hydrogen) atoms. The first-order chi connectivity index (χ1) is 12.4. The molecule has 0 aliphatic carbocycles. The highest BCUT2D eigenvalue weighted by Gasteiger charge is 1.99. The number of benzene rings is 4. The van der Waals surface area contributed by atoms with Crippen LogP contribution in [0.4, 0.5) is 11.4 Å². The van der Waals surface area contributed by atoms with Gasteiger partial charge in [-0.25, -0.2) is 4.94 Å². The van der Waals surface area contributed by atoms with Crippen LogP contribution in [0.15, 0.2) is 106 Å². The SMILES string of the molecule is c1ccc2c(N=NON=Nc3cccc4ccccc34)cccc2c1. The summed E-state index contributed by atoms with van der Waals surface area (Å²) in [6.45, 7) is 0. The zero-order chi connectivity index (χ0) is 16.9. The van der Waals surface area contributed by atoms with E-state index in [1.165, 1.54) is 0 Å². The fraction of sp³-hybridized carbons (Fsp3) is 0. The van der Waals surface area contributed by atoms with E-state index in [1.54, 1.807) is 0 Å². The molecule has 0 unspecified atom stereocenters. The molecule has 0 radical (unpaired) electrons. The lowest BCUT2D eigenvalue weighted by Crippen LogP contribution is -1.74. The van der Waals surface area contributed by atoms with E-state index in [2.05, 4.69) is 20.8 Å². The van der Waals surface area contributed by atoms with E-state index in [0.717, 1.165) is 32.9 Å². The summed E-state index contributed by atoms with van der Waals surface area (Å²) in [6.07, 6.45) is 0. The molecule has 0 atom stereocenters. The van der Waals surface area contributed by atoms with Gasteiger partial charge in [0.25, 0.3) is 0 Å². The van der Waals surface area contributed by atoms with Crippen LogP contribution >= 0.6 is 0 Å². The van der Waals surface area contributed by atoms with Crippen molar-refractivity contribution < 1.29 is 4.94 Å². The average molecular weight is 326 g/mol. The highest BCUT2D eigenvalue weighted by Crippen LogP contribution is 2.27. The third kappa shape index (κ3) is 3.21. The van der Waals surface area contributed by atoms with E-state index >= 15 is 0 Å². The van der Waals surface area contributed by atoms with Gasteiger partial charge in [-0.05, 0) is 22.9 Å². The number of fused-ring (bicyclic) bond motifs is 2. The van der Waals surface area contributed by atoms with Crippen molar-refractivity contribution in [3.8, 4) is 0 Å². The monoisotopic (exact) mass is 326 g/mol. The fourth-order valence-electron chi connectivity index (χ4n) is 2.73. The Kier molecular flexibility index (Phi) is 4.12. The van der Waals surface area contributed by atoms with Crippen molar-refractivity contribution in [2.45, 2.75) is 0 Å². The van der Waals surface area contributed by atoms with Gasteiger partial charge in [-0.3, -0.25) is 0 Å². The minimum absolute atomic E-state index is 0.721. The van der Waals surface area contributed by atoms with Crippen molar-refractivity contribution in [2.24, 2.45) is 20.8 Å². The molecule has 0 amide bonds. The molecule has 0 aromatic heterocycles. The number of rotatable bonds is 4. The maximum absolute atomic E-state index is 4.86. The molecule has 0 spiro atoms. The molecule has 0 saturated heterocycles. The Labute approximate surface area is 144 Å². The van der Waals surface area contributed by atoms with E-state index in [9.17, 15) is 0 Å². The molecule has 0 saturated carbocycles. The predicted octanol–water partition coefficient (Wildman–Crippen LogP) is 6.71. The standard InChI is InChI=1S/C20H14N4O/c1-3-11-17-15(7-1)9-5-13-19(17)21-23-25-24-22-20-14-6-10-16-8-2-4-12-18(16)20/h1-14H. The molecule has 4 aromatic carbocycles. The molecule has 0 aliphatic rings. The lowest BCUT2D eigenvalue weighted by Gasteiger charge is -1.99. The van der Waals surface area contributed by atoms with E-state index in [-0.39, 0.29) is 0 Å². The Morgan fingerprint density at radius 3 is 1.44 bits per heavy atom. The van der Waals surface area contributed by atoms with Crippen LogP contribution in [0.2, 0.25) is 0 Å². The maximum Gasteiger partial charge on any atom is 0.0968 e. The van der Waals surface area contributed by atoms with Gasteiger partial charge < -0.3 is 0 Å². The summed E-state index contributed by atoms with van der Waals surface area (Å²) in [4.78, 5) is 4.86. The predicted molar refractivity (Wildman–Crippen MR) is 98.0 cm³/mol. The molecule has 4 rings (SSSR count). The summed E-state index contributed by atoms with van der Waals surface area (Å²) in [5.74, 6) is 0. The first-order valence-corrected chi connectivity index (χ1v) is 7.86. The zero-order valence-corrected chi connectivity index (χ0v) is 13.3. The molecule has 0 aliphatic heterocycles. The second-order valence-corrected chi connectivity index (χ2v) is 5.44. The Morgan fingerprint density at radius 1 is 0.480 bits per heavy atom. The molecule has 4 aromatic rings. The molecule has 0 fully saturated rings. The number of hydrogen-bond donors (Lipinski definition) is 0. The largest absolute Gasteiger partial charge is 0.203 e. The molecule has 5 nitrogen and oxygen atoms in total. The van der Waals surface area contributed by atoms with Crippen LogP contribution in [0, 0.1) is 0 Å². The normalized spacial score (nSPS) is 11.7. The molecule has 0 bridgehead atoms. The van der Waals surface area contributed by atoms with Crippen LogP contribution in [0.3, 0.4) is 0 Å².